The lowest BCUT2D eigenvalue weighted by Crippen LogP contribution is -2.44. The van der Waals surface area contributed by atoms with Gasteiger partial charge in [-0.05, 0) is 44.0 Å². The molecule has 2 atom stereocenters. The minimum Gasteiger partial charge on any atom is -0.377 e. The number of benzene rings is 1. The molecule has 0 amide bonds. The van der Waals surface area contributed by atoms with Crippen molar-refractivity contribution in [1.82, 2.24) is 5.32 Å². The zero-order valence-corrected chi connectivity index (χ0v) is 13.6. The first-order chi connectivity index (χ1) is 8.99. The van der Waals surface area contributed by atoms with E-state index in [1.54, 1.807) is 0 Å². The van der Waals surface area contributed by atoms with Gasteiger partial charge in [0.25, 0.3) is 0 Å². The van der Waals surface area contributed by atoms with Gasteiger partial charge >= 0.3 is 0 Å². The van der Waals surface area contributed by atoms with Crippen LogP contribution >= 0.6 is 23.2 Å². The summed E-state index contributed by atoms with van der Waals surface area (Å²) in [6.07, 6.45) is 1.06. The molecule has 0 heterocycles. The highest BCUT2D eigenvalue weighted by Gasteiger charge is 2.24. The van der Waals surface area contributed by atoms with Gasteiger partial charge in [-0.2, -0.15) is 0 Å². The maximum absolute atomic E-state index is 6.06. The predicted molar refractivity (Wildman–Crippen MR) is 83.3 cm³/mol. The summed E-state index contributed by atoms with van der Waals surface area (Å²) in [5.41, 5.74) is 1.17. The summed E-state index contributed by atoms with van der Waals surface area (Å²) >= 11 is 12.0. The Morgan fingerprint density at radius 2 is 1.89 bits per heavy atom. The van der Waals surface area contributed by atoms with E-state index in [0.717, 1.165) is 13.0 Å². The van der Waals surface area contributed by atoms with Crippen LogP contribution in [0.2, 0.25) is 10.0 Å². The molecule has 19 heavy (non-hydrogen) atoms. The molecule has 0 aliphatic rings. The van der Waals surface area contributed by atoms with Gasteiger partial charge in [0, 0.05) is 12.6 Å². The van der Waals surface area contributed by atoms with Gasteiger partial charge < -0.3 is 10.1 Å². The molecule has 0 aromatic heterocycles. The van der Waals surface area contributed by atoms with Crippen molar-refractivity contribution in [3.63, 3.8) is 0 Å². The summed E-state index contributed by atoms with van der Waals surface area (Å²) in [6.45, 7) is 7.11. The van der Waals surface area contributed by atoms with Crippen LogP contribution in [0.4, 0.5) is 0 Å². The van der Waals surface area contributed by atoms with E-state index >= 15 is 0 Å². The molecule has 1 aromatic carbocycles. The molecular weight excluding hydrogens is 281 g/mol. The molecule has 0 radical (unpaired) electrons. The van der Waals surface area contributed by atoms with Crippen LogP contribution in [0.25, 0.3) is 0 Å². The van der Waals surface area contributed by atoms with Crippen LogP contribution in [0, 0.1) is 5.92 Å². The molecule has 1 N–H and O–H groups in total. The van der Waals surface area contributed by atoms with Crippen LogP contribution in [-0.2, 0) is 11.2 Å². The topological polar surface area (TPSA) is 21.3 Å². The molecule has 0 fully saturated rings. The minimum atomic E-state index is 0.185. The van der Waals surface area contributed by atoms with Crippen molar-refractivity contribution in [2.24, 2.45) is 5.92 Å². The summed E-state index contributed by atoms with van der Waals surface area (Å²) in [5, 5.41) is 4.55. The van der Waals surface area contributed by atoms with Gasteiger partial charge in [-0.15, -0.1) is 0 Å². The summed E-state index contributed by atoms with van der Waals surface area (Å²) in [5.74, 6) is 0.458. The van der Waals surface area contributed by atoms with Crippen molar-refractivity contribution in [1.29, 1.82) is 0 Å². The molecule has 0 saturated carbocycles. The molecule has 1 aromatic rings. The van der Waals surface area contributed by atoms with E-state index in [4.69, 9.17) is 27.9 Å². The third kappa shape index (κ3) is 4.96. The third-order valence-corrected chi connectivity index (χ3v) is 3.96. The smallest absolute Gasteiger partial charge is 0.0753 e. The standard InChI is InChI=1S/C15H23Cl2NO/c1-5-19-15(10(2)3)14(18-4)9-11-6-7-12(16)13(17)8-11/h6-8,10,14-15,18H,5,9H2,1-4H3. The number of likely N-dealkylation sites (N-methyl/N-ethyl adjacent to an activating group) is 1. The quantitative estimate of drug-likeness (QED) is 0.815. The van der Waals surface area contributed by atoms with Gasteiger partial charge in [0.1, 0.15) is 0 Å². The molecular formula is C15H23Cl2NO. The summed E-state index contributed by atoms with van der Waals surface area (Å²) in [7, 11) is 1.97. The fourth-order valence-electron chi connectivity index (χ4n) is 2.27. The second kappa shape index (κ2) is 8.11. The van der Waals surface area contributed by atoms with Crippen molar-refractivity contribution in [3.05, 3.63) is 33.8 Å². The first-order valence-electron chi connectivity index (χ1n) is 6.72. The maximum Gasteiger partial charge on any atom is 0.0753 e. The van der Waals surface area contributed by atoms with Crippen molar-refractivity contribution in [2.45, 2.75) is 39.3 Å². The Balaban J connectivity index is 2.82. The molecule has 0 aliphatic heterocycles. The average Bonchev–Trinajstić information content (AvgIpc) is 2.37. The normalized spacial score (nSPS) is 14.7. The van der Waals surface area contributed by atoms with Gasteiger partial charge in [0.15, 0.2) is 0 Å². The maximum atomic E-state index is 6.06. The van der Waals surface area contributed by atoms with Gasteiger partial charge in [-0.25, -0.2) is 0 Å². The van der Waals surface area contributed by atoms with E-state index in [1.807, 2.05) is 32.2 Å². The SMILES string of the molecule is CCOC(C(C)C)C(Cc1ccc(Cl)c(Cl)c1)NC. The lowest BCUT2D eigenvalue weighted by Gasteiger charge is -2.30. The number of halogens is 2. The van der Waals surface area contributed by atoms with E-state index in [1.165, 1.54) is 5.56 Å². The zero-order valence-electron chi connectivity index (χ0n) is 12.0. The Morgan fingerprint density at radius 3 is 2.37 bits per heavy atom. The molecule has 1 rings (SSSR count). The summed E-state index contributed by atoms with van der Waals surface area (Å²) in [4.78, 5) is 0. The number of hydrogen-bond acceptors (Lipinski definition) is 2. The molecule has 2 unspecified atom stereocenters. The Hall–Kier alpha value is -0.280. The van der Waals surface area contributed by atoms with Gasteiger partial charge in [-0.3, -0.25) is 0 Å². The number of hydrogen-bond donors (Lipinski definition) is 1. The van der Waals surface area contributed by atoms with Crippen molar-refractivity contribution >= 4 is 23.2 Å². The van der Waals surface area contributed by atoms with Gasteiger partial charge in [0.05, 0.1) is 16.1 Å². The van der Waals surface area contributed by atoms with Crippen molar-refractivity contribution in [3.8, 4) is 0 Å². The van der Waals surface area contributed by atoms with Crippen molar-refractivity contribution < 1.29 is 4.74 Å². The molecule has 0 bridgehead atoms. The number of rotatable bonds is 7. The highest BCUT2D eigenvalue weighted by Crippen LogP contribution is 2.24. The highest BCUT2D eigenvalue weighted by atomic mass is 35.5. The fourth-order valence-corrected chi connectivity index (χ4v) is 2.59. The fraction of sp³-hybridized carbons (Fsp3) is 0.600. The summed E-state index contributed by atoms with van der Waals surface area (Å²) in [6, 6.07) is 6.05. The summed E-state index contributed by atoms with van der Waals surface area (Å²) < 4.78 is 5.86. The lowest BCUT2D eigenvalue weighted by atomic mass is 9.94. The average molecular weight is 304 g/mol. The first kappa shape index (κ1) is 16.8. The van der Waals surface area contributed by atoms with E-state index in [2.05, 4.69) is 19.2 Å². The van der Waals surface area contributed by atoms with Crippen LogP contribution in [0.15, 0.2) is 18.2 Å². The van der Waals surface area contributed by atoms with Crippen molar-refractivity contribution in [2.75, 3.05) is 13.7 Å². The number of nitrogens with one attached hydrogen (secondary N) is 1. The Bertz CT molecular complexity index is 396. The largest absolute Gasteiger partial charge is 0.377 e. The van der Waals surface area contributed by atoms with E-state index < -0.39 is 0 Å². The highest BCUT2D eigenvalue weighted by molar-refractivity contribution is 6.42. The molecule has 0 saturated heterocycles. The number of ether oxygens (including phenoxy) is 1. The monoisotopic (exact) mass is 303 g/mol. The Labute approximate surface area is 126 Å². The molecule has 0 spiro atoms. The molecule has 4 heteroatoms. The zero-order chi connectivity index (χ0) is 14.4. The van der Waals surface area contributed by atoms with E-state index in [-0.39, 0.29) is 12.1 Å². The van der Waals surface area contributed by atoms with Crippen LogP contribution in [0.3, 0.4) is 0 Å². The first-order valence-corrected chi connectivity index (χ1v) is 7.48. The Kier molecular flexibility index (Phi) is 7.16. The molecule has 108 valence electrons. The predicted octanol–water partition coefficient (Wildman–Crippen LogP) is 4.19. The van der Waals surface area contributed by atoms with Crippen LogP contribution < -0.4 is 5.32 Å². The van der Waals surface area contributed by atoms with Crippen LogP contribution in [0.5, 0.6) is 0 Å². The minimum absolute atomic E-state index is 0.185. The van der Waals surface area contributed by atoms with Gasteiger partial charge in [0.2, 0.25) is 0 Å². The second-order valence-electron chi connectivity index (χ2n) is 5.01. The van der Waals surface area contributed by atoms with Gasteiger partial charge in [-0.1, -0.05) is 43.1 Å². The van der Waals surface area contributed by atoms with Crippen LogP contribution in [0.1, 0.15) is 26.3 Å². The third-order valence-electron chi connectivity index (χ3n) is 3.22. The lowest BCUT2D eigenvalue weighted by molar-refractivity contribution is 0.00535. The van der Waals surface area contributed by atoms with E-state index in [9.17, 15) is 0 Å². The molecule has 0 aliphatic carbocycles. The second-order valence-corrected chi connectivity index (χ2v) is 5.83. The van der Waals surface area contributed by atoms with E-state index in [0.29, 0.717) is 16.0 Å². The molecule has 2 nitrogen and oxygen atoms in total. The Morgan fingerprint density at radius 1 is 1.21 bits per heavy atom. The van der Waals surface area contributed by atoms with Crippen LogP contribution in [-0.4, -0.2) is 25.8 Å².